The van der Waals surface area contributed by atoms with Crippen molar-refractivity contribution in [1.82, 2.24) is 5.32 Å². The Labute approximate surface area is 107 Å². The molecule has 82 valence electrons. The highest BCUT2D eigenvalue weighted by atomic mass is 127. The van der Waals surface area contributed by atoms with Gasteiger partial charge in [0.1, 0.15) is 0 Å². The molecule has 1 aromatic carbocycles. The maximum absolute atomic E-state index is 11.6. The molecule has 0 saturated heterocycles. The summed E-state index contributed by atoms with van der Waals surface area (Å²) in [5.74, 6) is 0.159. The van der Waals surface area contributed by atoms with Gasteiger partial charge in [-0.2, -0.15) is 0 Å². The van der Waals surface area contributed by atoms with E-state index in [9.17, 15) is 4.79 Å². The maximum atomic E-state index is 11.6. The zero-order valence-corrected chi connectivity index (χ0v) is 10.6. The molecule has 1 amide bonds. The first-order chi connectivity index (χ1) is 7.75. The maximum Gasteiger partial charge on any atom is 0.287 e. The van der Waals surface area contributed by atoms with E-state index in [-0.39, 0.29) is 5.91 Å². The smallest absolute Gasteiger partial charge is 0.287 e. The van der Waals surface area contributed by atoms with E-state index in [1.807, 2.05) is 52.9 Å². The van der Waals surface area contributed by atoms with Crippen LogP contribution in [0.2, 0.25) is 0 Å². The second-order valence-electron chi connectivity index (χ2n) is 3.27. The van der Waals surface area contributed by atoms with Gasteiger partial charge in [-0.15, -0.1) is 0 Å². The van der Waals surface area contributed by atoms with Crippen LogP contribution in [0.15, 0.2) is 46.9 Å². The second kappa shape index (κ2) is 5.16. The van der Waals surface area contributed by atoms with E-state index in [2.05, 4.69) is 5.32 Å². The molecule has 2 aromatic rings. The van der Waals surface area contributed by atoms with E-state index in [1.165, 1.54) is 0 Å². The van der Waals surface area contributed by atoms with Gasteiger partial charge in [-0.05, 0) is 40.3 Å². The van der Waals surface area contributed by atoms with Gasteiger partial charge in [0.15, 0.2) is 9.53 Å². The Bertz CT molecular complexity index is 479. The zero-order chi connectivity index (χ0) is 11.4. The molecule has 0 radical (unpaired) electrons. The van der Waals surface area contributed by atoms with Gasteiger partial charge < -0.3 is 9.73 Å². The topological polar surface area (TPSA) is 42.2 Å². The first-order valence-electron chi connectivity index (χ1n) is 4.83. The largest absolute Gasteiger partial charge is 0.445 e. The minimum Gasteiger partial charge on any atom is -0.445 e. The first-order valence-corrected chi connectivity index (χ1v) is 5.91. The monoisotopic (exact) mass is 327 g/mol. The van der Waals surface area contributed by atoms with Gasteiger partial charge in [0, 0.05) is 6.54 Å². The van der Waals surface area contributed by atoms with Crippen LogP contribution in [0.5, 0.6) is 0 Å². The van der Waals surface area contributed by atoms with E-state index >= 15 is 0 Å². The van der Waals surface area contributed by atoms with E-state index in [0.717, 1.165) is 5.56 Å². The van der Waals surface area contributed by atoms with Crippen molar-refractivity contribution in [3.8, 4) is 0 Å². The van der Waals surface area contributed by atoms with E-state index < -0.39 is 0 Å². The van der Waals surface area contributed by atoms with Crippen molar-refractivity contribution in [2.45, 2.75) is 6.54 Å². The summed E-state index contributed by atoms with van der Waals surface area (Å²) in [6.45, 7) is 0.511. The van der Waals surface area contributed by atoms with Crippen molar-refractivity contribution in [1.29, 1.82) is 0 Å². The standard InChI is InChI=1S/C12H10INO2/c13-11-7-6-10(16-11)12(15)14-8-9-4-2-1-3-5-9/h1-7H,8H2,(H,14,15). The Morgan fingerprint density at radius 2 is 1.94 bits per heavy atom. The van der Waals surface area contributed by atoms with Crippen molar-refractivity contribution in [3.63, 3.8) is 0 Å². The van der Waals surface area contributed by atoms with Crippen molar-refractivity contribution >= 4 is 28.5 Å². The lowest BCUT2D eigenvalue weighted by atomic mass is 10.2. The number of nitrogens with one attached hydrogen (secondary N) is 1. The minimum absolute atomic E-state index is 0.188. The Hall–Kier alpha value is -1.30. The van der Waals surface area contributed by atoms with Crippen LogP contribution >= 0.6 is 22.6 Å². The van der Waals surface area contributed by atoms with Crippen molar-refractivity contribution < 1.29 is 9.21 Å². The molecule has 1 heterocycles. The number of carbonyl (C=O) groups excluding carboxylic acids is 1. The number of benzene rings is 1. The summed E-state index contributed by atoms with van der Waals surface area (Å²) < 4.78 is 5.92. The van der Waals surface area contributed by atoms with Crippen LogP contribution in [-0.4, -0.2) is 5.91 Å². The first kappa shape index (κ1) is 11.2. The molecule has 0 aliphatic rings. The molecule has 0 atom stereocenters. The predicted molar refractivity (Wildman–Crippen MR) is 69.0 cm³/mol. The van der Waals surface area contributed by atoms with Gasteiger partial charge in [0.2, 0.25) is 0 Å². The molecule has 0 spiro atoms. The number of hydrogen-bond acceptors (Lipinski definition) is 2. The van der Waals surface area contributed by atoms with Crippen molar-refractivity contribution in [2.24, 2.45) is 0 Å². The molecular weight excluding hydrogens is 317 g/mol. The highest BCUT2D eigenvalue weighted by Crippen LogP contribution is 2.10. The number of carbonyl (C=O) groups is 1. The van der Waals surface area contributed by atoms with E-state index in [1.54, 1.807) is 12.1 Å². The third-order valence-corrected chi connectivity index (χ3v) is 2.67. The highest BCUT2D eigenvalue weighted by molar-refractivity contribution is 14.1. The Morgan fingerprint density at radius 3 is 2.56 bits per heavy atom. The molecular formula is C12H10INO2. The van der Waals surface area contributed by atoms with Crippen molar-refractivity contribution in [2.75, 3.05) is 0 Å². The van der Waals surface area contributed by atoms with Crippen molar-refractivity contribution in [3.05, 3.63) is 57.6 Å². The Morgan fingerprint density at radius 1 is 1.19 bits per heavy atom. The quantitative estimate of drug-likeness (QED) is 0.881. The lowest BCUT2D eigenvalue weighted by Gasteiger charge is -2.02. The summed E-state index contributed by atoms with van der Waals surface area (Å²) in [7, 11) is 0. The summed E-state index contributed by atoms with van der Waals surface area (Å²) in [4.78, 5) is 11.6. The fraction of sp³-hybridized carbons (Fsp3) is 0.0833. The van der Waals surface area contributed by atoms with E-state index in [0.29, 0.717) is 16.1 Å². The van der Waals surface area contributed by atoms with Gasteiger partial charge in [-0.25, -0.2) is 0 Å². The predicted octanol–water partition coefficient (Wildman–Crippen LogP) is 2.81. The fourth-order valence-electron chi connectivity index (χ4n) is 1.30. The summed E-state index contributed by atoms with van der Waals surface area (Å²) in [6.07, 6.45) is 0. The molecule has 2 rings (SSSR count). The van der Waals surface area contributed by atoms with Gasteiger partial charge >= 0.3 is 0 Å². The molecule has 16 heavy (non-hydrogen) atoms. The normalized spacial score (nSPS) is 10.1. The summed E-state index contributed by atoms with van der Waals surface area (Å²) >= 11 is 2.03. The Balaban J connectivity index is 1.94. The van der Waals surface area contributed by atoms with E-state index in [4.69, 9.17) is 4.42 Å². The minimum atomic E-state index is -0.188. The Kier molecular flexibility index (Phi) is 3.61. The van der Waals surface area contributed by atoms with Gasteiger partial charge in [-0.1, -0.05) is 30.3 Å². The molecule has 3 nitrogen and oxygen atoms in total. The SMILES string of the molecule is O=C(NCc1ccccc1)c1ccc(I)o1. The number of amides is 1. The lowest BCUT2D eigenvalue weighted by molar-refractivity contribution is 0.0921. The van der Waals surface area contributed by atoms with Crippen LogP contribution < -0.4 is 5.32 Å². The van der Waals surface area contributed by atoms with Crippen LogP contribution in [0.3, 0.4) is 0 Å². The summed E-state index contributed by atoms with van der Waals surface area (Å²) in [5, 5.41) is 2.79. The molecule has 0 aliphatic heterocycles. The average Bonchev–Trinajstić information content (AvgIpc) is 2.74. The van der Waals surface area contributed by atoms with Gasteiger partial charge in [-0.3, -0.25) is 4.79 Å². The molecule has 4 heteroatoms. The van der Waals surface area contributed by atoms with Crippen LogP contribution in [0.1, 0.15) is 16.1 Å². The fourth-order valence-corrected chi connectivity index (χ4v) is 1.72. The van der Waals surface area contributed by atoms with Crippen LogP contribution in [0.25, 0.3) is 0 Å². The van der Waals surface area contributed by atoms with Gasteiger partial charge in [0.05, 0.1) is 0 Å². The molecule has 1 N–H and O–H groups in total. The summed E-state index contributed by atoms with van der Waals surface area (Å²) in [5.41, 5.74) is 1.07. The van der Waals surface area contributed by atoms with Crippen LogP contribution in [0, 0.1) is 3.77 Å². The number of hydrogen-bond donors (Lipinski definition) is 1. The lowest BCUT2D eigenvalue weighted by Crippen LogP contribution is -2.22. The number of halogens is 1. The second-order valence-corrected chi connectivity index (χ2v) is 4.34. The molecule has 1 aromatic heterocycles. The number of rotatable bonds is 3. The molecule has 0 unspecified atom stereocenters. The average molecular weight is 327 g/mol. The highest BCUT2D eigenvalue weighted by Gasteiger charge is 2.09. The van der Waals surface area contributed by atoms with Gasteiger partial charge in [0.25, 0.3) is 5.91 Å². The van der Waals surface area contributed by atoms with Crippen LogP contribution in [0.4, 0.5) is 0 Å². The molecule has 0 bridgehead atoms. The summed E-state index contributed by atoms with van der Waals surface area (Å²) in [6, 6.07) is 13.2. The number of furan rings is 1. The third-order valence-electron chi connectivity index (χ3n) is 2.09. The molecule has 0 saturated carbocycles. The zero-order valence-electron chi connectivity index (χ0n) is 8.44. The third kappa shape index (κ3) is 2.85. The molecule has 0 fully saturated rings. The van der Waals surface area contributed by atoms with Crippen LogP contribution in [-0.2, 0) is 6.54 Å². The molecule has 0 aliphatic carbocycles.